The van der Waals surface area contributed by atoms with Crippen molar-refractivity contribution < 1.29 is 22.5 Å². The molecule has 7 nitrogen and oxygen atoms in total. The summed E-state index contributed by atoms with van der Waals surface area (Å²) in [5.74, 6) is 0.520. The highest BCUT2D eigenvalue weighted by Gasteiger charge is 2.34. The number of piperidine rings is 1. The molecule has 1 aromatic carbocycles. The number of aromatic amines is 1. The lowest BCUT2D eigenvalue weighted by atomic mass is 10.0. The number of amides is 1. The fourth-order valence-corrected chi connectivity index (χ4v) is 4.05. The number of halogens is 3. The summed E-state index contributed by atoms with van der Waals surface area (Å²) in [6.45, 7) is 4.15. The van der Waals surface area contributed by atoms with Gasteiger partial charge in [0.2, 0.25) is 0 Å². The van der Waals surface area contributed by atoms with E-state index in [1.165, 1.54) is 24.3 Å². The number of aromatic nitrogens is 3. The summed E-state index contributed by atoms with van der Waals surface area (Å²) in [6.07, 6.45) is -2.94. The molecule has 1 N–H and O–H groups in total. The van der Waals surface area contributed by atoms with Gasteiger partial charge in [-0.25, -0.2) is 0 Å². The Kier molecular flexibility index (Phi) is 6.05. The number of nitrogens with zero attached hydrogens (tertiary/aromatic N) is 4. The molecule has 170 valence electrons. The minimum Gasteiger partial charge on any atom is -0.360 e. The third kappa shape index (κ3) is 4.69. The van der Waals surface area contributed by atoms with Crippen molar-refractivity contribution in [2.45, 2.75) is 38.5 Å². The molecule has 0 aliphatic carbocycles. The molecule has 2 aromatic heterocycles. The maximum atomic E-state index is 13.3. The van der Waals surface area contributed by atoms with Gasteiger partial charge in [0.25, 0.3) is 5.91 Å². The van der Waals surface area contributed by atoms with E-state index in [1.807, 2.05) is 13.0 Å². The lowest BCUT2D eigenvalue weighted by Gasteiger charge is -2.36. The Balaban J connectivity index is 1.40. The van der Waals surface area contributed by atoms with Crippen molar-refractivity contribution in [2.24, 2.45) is 0 Å². The first kappa shape index (κ1) is 22.1. The molecule has 0 radical (unpaired) electrons. The lowest BCUT2D eigenvalue weighted by Crippen LogP contribution is -2.45. The highest BCUT2D eigenvalue weighted by Crippen LogP contribution is 2.36. The topological polar surface area (TPSA) is 78.3 Å². The third-order valence-electron chi connectivity index (χ3n) is 5.80. The second kappa shape index (κ2) is 8.78. The van der Waals surface area contributed by atoms with Gasteiger partial charge in [-0.15, -0.1) is 0 Å². The number of likely N-dealkylation sites (tertiary alicyclic amines) is 1. The summed E-state index contributed by atoms with van der Waals surface area (Å²) in [6, 6.07) is 8.52. The molecular formula is C22H24F3N5O2. The molecule has 10 heteroatoms. The summed E-state index contributed by atoms with van der Waals surface area (Å²) >= 11 is 0. The van der Waals surface area contributed by atoms with Crippen LogP contribution in [-0.2, 0) is 12.7 Å². The van der Waals surface area contributed by atoms with E-state index in [2.05, 4.69) is 20.3 Å². The predicted molar refractivity (Wildman–Crippen MR) is 111 cm³/mol. The zero-order valence-electron chi connectivity index (χ0n) is 17.8. The molecular weight excluding hydrogens is 423 g/mol. The average Bonchev–Trinajstić information content (AvgIpc) is 3.42. The van der Waals surface area contributed by atoms with Gasteiger partial charge < -0.3 is 9.42 Å². The number of hydrogen-bond donors (Lipinski definition) is 1. The lowest BCUT2D eigenvalue weighted by molar-refractivity contribution is -0.137. The summed E-state index contributed by atoms with van der Waals surface area (Å²) in [4.78, 5) is 16.8. The molecule has 0 bridgehead atoms. The number of hydrogen-bond acceptors (Lipinski definition) is 5. The summed E-state index contributed by atoms with van der Waals surface area (Å²) < 4.78 is 45.2. The Morgan fingerprint density at radius 1 is 1.25 bits per heavy atom. The van der Waals surface area contributed by atoms with Crippen molar-refractivity contribution in [3.63, 3.8) is 0 Å². The first-order chi connectivity index (χ1) is 15.2. The molecule has 0 unspecified atom stereocenters. The van der Waals surface area contributed by atoms with Gasteiger partial charge in [0.05, 0.1) is 23.5 Å². The normalized spacial score (nSPS) is 15.8. The van der Waals surface area contributed by atoms with Gasteiger partial charge in [-0.2, -0.15) is 18.3 Å². The largest absolute Gasteiger partial charge is 0.417 e. The number of benzene rings is 1. The van der Waals surface area contributed by atoms with Crippen LogP contribution >= 0.6 is 0 Å². The number of carbonyl (C=O) groups is 1. The van der Waals surface area contributed by atoms with Crippen molar-refractivity contribution in [1.82, 2.24) is 25.2 Å². The monoisotopic (exact) mass is 447 g/mol. The number of carbonyl (C=O) groups excluding carboxylic acids is 1. The van der Waals surface area contributed by atoms with Crippen LogP contribution in [0, 0.1) is 6.92 Å². The van der Waals surface area contributed by atoms with Crippen LogP contribution in [-0.4, -0.2) is 57.2 Å². The van der Waals surface area contributed by atoms with Gasteiger partial charge in [0.15, 0.2) is 5.76 Å². The Morgan fingerprint density at radius 3 is 2.62 bits per heavy atom. The molecule has 1 saturated heterocycles. The molecule has 1 aliphatic heterocycles. The zero-order valence-corrected chi connectivity index (χ0v) is 17.8. The summed E-state index contributed by atoms with van der Waals surface area (Å²) in [5.41, 5.74) is 0.255. The van der Waals surface area contributed by atoms with Crippen molar-refractivity contribution >= 4 is 5.91 Å². The average molecular weight is 447 g/mol. The molecule has 1 amide bonds. The molecule has 3 aromatic rings. The Morgan fingerprint density at radius 2 is 1.97 bits per heavy atom. The molecule has 4 rings (SSSR count). The van der Waals surface area contributed by atoms with E-state index >= 15 is 0 Å². The van der Waals surface area contributed by atoms with Crippen molar-refractivity contribution in [2.75, 3.05) is 20.1 Å². The van der Waals surface area contributed by atoms with Crippen LogP contribution in [0.5, 0.6) is 0 Å². The van der Waals surface area contributed by atoms with Crippen molar-refractivity contribution in [3.8, 4) is 11.3 Å². The van der Waals surface area contributed by atoms with E-state index in [1.54, 1.807) is 11.9 Å². The second-order valence-electron chi connectivity index (χ2n) is 8.07. The van der Waals surface area contributed by atoms with Crippen molar-refractivity contribution in [3.05, 3.63) is 59.1 Å². The minimum absolute atomic E-state index is 0.0319. The SMILES string of the molecule is Cc1cc(CN2CCC(N(C)C(=O)c3cc(-c4ccccc4C(F)(F)F)n[nH]3)CC2)on1. The van der Waals surface area contributed by atoms with Gasteiger partial charge in [-0.05, 0) is 31.9 Å². The molecule has 1 aliphatic rings. The van der Waals surface area contributed by atoms with Crippen LogP contribution in [0.2, 0.25) is 0 Å². The minimum atomic E-state index is -4.51. The maximum absolute atomic E-state index is 13.3. The van der Waals surface area contributed by atoms with E-state index in [0.29, 0.717) is 6.54 Å². The van der Waals surface area contributed by atoms with Crippen LogP contribution in [0.1, 0.15) is 40.3 Å². The fraction of sp³-hybridized carbons (Fsp3) is 0.409. The Bertz CT molecular complexity index is 1080. The first-order valence-corrected chi connectivity index (χ1v) is 10.4. The van der Waals surface area contributed by atoms with Gasteiger partial charge in [0, 0.05) is 37.8 Å². The summed E-state index contributed by atoms with van der Waals surface area (Å²) in [7, 11) is 1.71. The smallest absolute Gasteiger partial charge is 0.360 e. The van der Waals surface area contributed by atoms with Gasteiger partial charge in [0.1, 0.15) is 5.69 Å². The molecule has 3 heterocycles. The highest BCUT2D eigenvalue weighted by molar-refractivity contribution is 5.93. The van der Waals surface area contributed by atoms with Crippen LogP contribution < -0.4 is 0 Å². The zero-order chi connectivity index (χ0) is 22.9. The van der Waals surface area contributed by atoms with E-state index in [4.69, 9.17) is 4.52 Å². The van der Waals surface area contributed by atoms with E-state index in [0.717, 1.165) is 43.5 Å². The number of H-pyrrole nitrogens is 1. The van der Waals surface area contributed by atoms with Crippen molar-refractivity contribution in [1.29, 1.82) is 0 Å². The Labute approximate surface area is 183 Å². The van der Waals surface area contributed by atoms with E-state index in [9.17, 15) is 18.0 Å². The standard InChI is InChI=1S/C22H24F3N5O2/c1-14-11-16(32-28-14)13-30-9-7-15(8-10-30)29(2)21(31)20-12-19(26-27-20)17-5-3-4-6-18(17)22(23,24)25/h3-6,11-12,15H,7-10,13H2,1-2H3,(H,26,27). The molecule has 0 saturated carbocycles. The van der Waals surface area contributed by atoms with Crippen LogP contribution in [0.3, 0.4) is 0 Å². The number of nitrogens with one attached hydrogen (secondary N) is 1. The van der Waals surface area contributed by atoms with Crippen LogP contribution in [0.25, 0.3) is 11.3 Å². The number of aryl methyl sites for hydroxylation is 1. The van der Waals surface area contributed by atoms with Crippen LogP contribution in [0.4, 0.5) is 13.2 Å². The number of alkyl halides is 3. The second-order valence-corrected chi connectivity index (χ2v) is 8.07. The molecule has 32 heavy (non-hydrogen) atoms. The predicted octanol–water partition coefficient (Wildman–Crippen LogP) is 4.13. The van der Waals surface area contributed by atoms with E-state index < -0.39 is 11.7 Å². The van der Waals surface area contributed by atoms with Crippen LogP contribution in [0.15, 0.2) is 40.9 Å². The quantitative estimate of drug-likeness (QED) is 0.636. The molecule has 0 atom stereocenters. The van der Waals surface area contributed by atoms with Gasteiger partial charge in [-0.1, -0.05) is 23.4 Å². The van der Waals surface area contributed by atoms with E-state index in [-0.39, 0.29) is 28.9 Å². The highest BCUT2D eigenvalue weighted by atomic mass is 19.4. The number of rotatable bonds is 5. The third-order valence-corrected chi connectivity index (χ3v) is 5.80. The molecule has 0 spiro atoms. The van der Waals surface area contributed by atoms with Gasteiger partial charge >= 0.3 is 6.18 Å². The Hall–Kier alpha value is -3.14. The first-order valence-electron chi connectivity index (χ1n) is 10.4. The van der Waals surface area contributed by atoms with Gasteiger partial charge in [-0.3, -0.25) is 14.8 Å². The fourth-order valence-electron chi connectivity index (χ4n) is 4.05. The summed E-state index contributed by atoms with van der Waals surface area (Å²) in [5, 5.41) is 10.5. The molecule has 1 fully saturated rings. The maximum Gasteiger partial charge on any atom is 0.417 e.